The van der Waals surface area contributed by atoms with Crippen LogP contribution in [0.2, 0.25) is 5.02 Å². The van der Waals surface area contributed by atoms with Gasteiger partial charge in [-0.2, -0.15) is 0 Å². The first-order valence-corrected chi connectivity index (χ1v) is 8.27. The third kappa shape index (κ3) is 5.46. The number of rotatable bonds is 5. The molecular weight excluding hydrogens is 324 g/mol. The van der Waals surface area contributed by atoms with Crippen LogP contribution in [-0.2, 0) is 5.41 Å². The van der Waals surface area contributed by atoms with Crippen molar-refractivity contribution < 1.29 is 9.53 Å². The normalized spacial score (nSPS) is 11.0. The van der Waals surface area contributed by atoms with E-state index < -0.39 is 0 Å². The van der Waals surface area contributed by atoms with E-state index in [0.717, 1.165) is 5.75 Å². The summed E-state index contributed by atoms with van der Waals surface area (Å²) in [6.45, 7) is 7.31. The van der Waals surface area contributed by atoms with Crippen LogP contribution < -0.4 is 15.4 Å². The Bertz CT molecular complexity index is 679. The fourth-order valence-electron chi connectivity index (χ4n) is 2.11. The van der Waals surface area contributed by atoms with Crippen LogP contribution in [0.25, 0.3) is 0 Å². The van der Waals surface area contributed by atoms with Crippen LogP contribution in [0.1, 0.15) is 26.3 Å². The van der Waals surface area contributed by atoms with Crippen LogP contribution >= 0.6 is 11.6 Å². The Hall–Kier alpha value is -2.20. The Morgan fingerprint density at radius 3 is 2.38 bits per heavy atom. The summed E-state index contributed by atoms with van der Waals surface area (Å²) in [5.41, 5.74) is 1.96. The largest absolute Gasteiger partial charge is 0.492 e. The summed E-state index contributed by atoms with van der Waals surface area (Å²) in [4.78, 5) is 11.8. The van der Waals surface area contributed by atoms with Gasteiger partial charge in [-0.3, -0.25) is 0 Å². The number of para-hydroxylation sites is 1. The molecule has 0 aliphatic heterocycles. The van der Waals surface area contributed by atoms with Crippen LogP contribution in [0.15, 0.2) is 48.5 Å². The molecule has 0 heterocycles. The molecule has 2 aromatic rings. The van der Waals surface area contributed by atoms with Crippen molar-refractivity contribution in [1.29, 1.82) is 0 Å². The predicted octanol–water partition coefficient (Wildman–Crippen LogP) is 4.84. The van der Waals surface area contributed by atoms with E-state index >= 15 is 0 Å². The molecule has 2 rings (SSSR count). The number of hydrogen-bond donors (Lipinski definition) is 2. The number of benzene rings is 2. The molecule has 5 heteroatoms. The molecule has 0 saturated heterocycles. The van der Waals surface area contributed by atoms with Gasteiger partial charge >= 0.3 is 6.03 Å². The second-order valence-electron chi connectivity index (χ2n) is 6.48. The average molecular weight is 347 g/mol. The Morgan fingerprint density at radius 2 is 1.75 bits per heavy atom. The fourth-order valence-corrected chi connectivity index (χ4v) is 2.30. The third-order valence-electron chi connectivity index (χ3n) is 3.50. The van der Waals surface area contributed by atoms with E-state index in [9.17, 15) is 4.79 Å². The third-order valence-corrected chi connectivity index (χ3v) is 3.83. The highest BCUT2D eigenvalue weighted by molar-refractivity contribution is 6.33. The number of nitrogens with one attached hydrogen (secondary N) is 2. The first kappa shape index (κ1) is 18.1. The second kappa shape index (κ2) is 8.06. The van der Waals surface area contributed by atoms with Gasteiger partial charge in [0.15, 0.2) is 0 Å². The van der Waals surface area contributed by atoms with Crippen molar-refractivity contribution in [1.82, 2.24) is 5.32 Å². The monoisotopic (exact) mass is 346 g/mol. The lowest BCUT2D eigenvalue weighted by Gasteiger charge is -2.19. The molecule has 0 aliphatic carbocycles. The summed E-state index contributed by atoms with van der Waals surface area (Å²) in [6, 6.07) is 14.8. The zero-order valence-electron chi connectivity index (χ0n) is 14.2. The maximum Gasteiger partial charge on any atom is 0.319 e. The molecule has 0 radical (unpaired) electrons. The van der Waals surface area contributed by atoms with Gasteiger partial charge in [0.25, 0.3) is 0 Å². The summed E-state index contributed by atoms with van der Waals surface area (Å²) in [5, 5.41) is 5.93. The van der Waals surface area contributed by atoms with Crippen molar-refractivity contribution in [3.8, 4) is 5.75 Å². The molecular formula is C19H23ClN2O2. The van der Waals surface area contributed by atoms with Crippen molar-refractivity contribution in [3.63, 3.8) is 0 Å². The first-order valence-electron chi connectivity index (χ1n) is 7.89. The lowest BCUT2D eigenvalue weighted by atomic mass is 9.87. The van der Waals surface area contributed by atoms with Crippen molar-refractivity contribution in [3.05, 3.63) is 59.1 Å². The summed E-state index contributed by atoms with van der Waals surface area (Å²) in [7, 11) is 0. The quantitative estimate of drug-likeness (QED) is 0.761. The second-order valence-corrected chi connectivity index (χ2v) is 6.89. The van der Waals surface area contributed by atoms with E-state index in [1.165, 1.54) is 5.56 Å². The van der Waals surface area contributed by atoms with E-state index in [-0.39, 0.29) is 11.4 Å². The van der Waals surface area contributed by atoms with Crippen molar-refractivity contribution in [2.24, 2.45) is 0 Å². The van der Waals surface area contributed by atoms with Gasteiger partial charge in [-0.1, -0.05) is 56.6 Å². The number of urea groups is 1. The minimum absolute atomic E-state index is 0.122. The highest BCUT2D eigenvalue weighted by Gasteiger charge is 2.12. The predicted molar refractivity (Wildman–Crippen MR) is 99.1 cm³/mol. The molecule has 4 nitrogen and oxygen atoms in total. The molecule has 0 fully saturated rings. The summed E-state index contributed by atoms with van der Waals surface area (Å²) in [5.74, 6) is 0.788. The highest BCUT2D eigenvalue weighted by atomic mass is 35.5. The molecule has 2 N–H and O–H groups in total. The topological polar surface area (TPSA) is 50.4 Å². The average Bonchev–Trinajstić information content (AvgIpc) is 2.53. The van der Waals surface area contributed by atoms with Crippen LogP contribution in [0.4, 0.5) is 10.5 Å². The summed E-state index contributed by atoms with van der Waals surface area (Å²) < 4.78 is 5.63. The molecule has 0 saturated carbocycles. The van der Waals surface area contributed by atoms with Gasteiger partial charge in [-0.15, -0.1) is 0 Å². The Morgan fingerprint density at radius 1 is 1.08 bits per heavy atom. The molecule has 0 unspecified atom stereocenters. The maximum absolute atomic E-state index is 11.8. The number of carbonyl (C=O) groups excluding carboxylic acids is 1. The van der Waals surface area contributed by atoms with Gasteiger partial charge in [0.2, 0.25) is 0 Å². The van der Waals surface area contributed by atoms with Crippen LogP contribution in [0, 0.1) is 0 Å². The van der Waals surface area contributed by atoms with Gasteiger partial charge in [0.05, 0.1) is 17.3 Å². The fraction of sp³-hybridized carbons (Fsp3) is 0.316. The molecule has 0 spiro atoms. The van der Waals surface area contributed by atoms with E-state index in [2.05, 4.69) is 43.5 Å². The van der Waals surface area contributed by atoms with Crippen molar-refractivity contribution in [2.45, 2.75) is 26.2 Å². The Balaban J connectivity index is 1.73. The number of carbonyl (C=O) groups is 1. The molecule has 24 heavy (non-hydrogen) atoms. The Kier molecular flexibility index (Phi) is 6.10. The summed E-state index contributed by atoms with van der Waals surface area (Å²) in [6.07, 6.45) is 0. The SMILES string of the molecule is CC(C)(C)c1ccc(OCCNC(=O)Nc2ccccc2Cl)cc1. The number of hydrogen-bond acceptors (Lipinski definition) is 2. The number of ether oxygens (including phenoxy) is 1. The van der Waals surface area contributed by atoms with Crippen LogP contribution in [-0.4, -0.2) is 19.2 Å². The van der Waals surface area contributed by atoms with Crippen LogP contribution in [0.5, 0.6) is 5.75 Å². The lowest BCUT2D eigenvalue weighted by Crippen LogP contribution is -2.32. The minimum atomic E-state index is -0.310. The molecule has 2 aromatic carbocycles. The van der Waals surface area contributed by atoms with E-state index in [0.29, 0.717) is 23.9 Å². The van der Waals surface area contributed by atoms with Gasteiger partial charge in [0.1, 0.15) is 12.4 Å². The summed E-state index contributed by atoms with van der Waals surface area (Å²) >= 11 is 5.99. The molecule has 0 atom stereocenters. The lowest BCUT2D eigenvalue weighted by molar-refractivity contribution is 0.247. The molecule has 0 aromatic heterocycles. The van der Waals surface area contributed by atoms with Gasteiger partial charge in [-0.25, -0.2) is 4.79 Å². The first-order chi connectivity index (χ1) is 11.4. The smallest absolute Gasteiger partial charge is 0.319 e. The van der Waals surface area contributed by atoms with Crippen LogP contribution in [0.3, 0.4) is 0 Å². The maximum atomic E-state index is 11.8. The zero-order valence-corrected chi connectivity index (χ0v) is 15.0. The Labute approximate surface area is 148 Å². The van der Waals surface area contributed by atoms with Crippen molar-refractivity contribution >= 4 is 23.3 Å². The van der Waals surface area contributed by atoms with E-state index in [1.807, 2.05) is 24.3 Å². The number of halogens is 1. The highest BCUT2D eigenvalue weighted by Crippen LogP contribution is 2.24. The number of amides is 2. The standard InChI is InChI=1S/C19H23ClN2O2/c1-19(2,3)14-8-10-15(11-9-14)24-13-12-21-18(23)22-17-7-5-4-6-16(17)20/h4-11H,12-13H2,1-3H3,(H2,21,22,23). The molecule has 0 bridgehead atoms. The number of anilines is 1. The van der Waals surface area contributed by atoms with Gasteiger partial charge in [-0.05, 0) is 35.2 Å². The minimum Gasteiger partial charge on any atom is -0.492 e. The van der Waals surface area contributed by atoms with E-state index in [1.54, 1.807) is 12.1 Å². The van der Waals surface area contributed by atoms with E-state index in [4.69, 9.17) is 16.3 Å². The molecule has 0 aliphatic rings. The molecule has 128 valence electrons. The van der Waals surface area contributed by atoms with Gasteiger partial charge in [0, 0.05) is 0 Å². The van der Waals surface area contributed by atoms with Gasteiger partial charge < -0.3 is 15.4 Å². The zero-order chi connectivity index (χ0) is 17.6. The van der Waals surface area contributed by atoms with Crippen molar-refractivity contribution in [2.75, 3.05) is 18.5 Å². The molecule has 2 amide bonds.